The molecule has 7 heteroatoms. The van der Waals surface area contributed by atoms with Crippen molar-refractivity contribution in [3.63, 3.8) is 0 Å². The van der Waals surface area contributed by atoms with Crippen molar-refractivity contribution < 1.29 is 27.8 Å². The predicted octanol–water partition coefficient (Wildman–Crippen LogP) is 2.04. The average molecular weight is 281 g/mol. The molecule has 3 unspecified atom stereocenters. The molecule has 1 aliphatic carbocycles. The summed E-state index contributed by atoms with van der Waals surface area (Å²) >= 11 is 0. The third kappa shape index (κ3) is 3.39. The Balaban J connectivity index is 2.16. The zero-order chi connectivity index (χ0) is 14.0. The summed E-state index contributed by atoms with van der Waals surface area (Å²) in [6, 6.07) is -2.20. The van der Waals surface area contributed by atoms with Gasteiger partial charge in [-0.2, -0.15) is 13.2 Å². The fraction of sp³-hybridized carbons (Fsp3) is 0.917. The van der Waals surface area contributed by atoms with Crippen LogP contribution in [0.5, 0.6) is 0 Å². The lowest BCUT2D eigenvalue weighted by atomic mass is 9.88. The van der Waals surface area contributed by atoms with Crippen molar-refractivity contribution in [3.8, 4) is 0 Å². The van der Waals surface area contributed by atoms with E-state index in [9.17, 15) is 18.0 Å². The number of carboxylic acids is 1. The van der Waals surface area contributed by atoms with E-state index in [1.165, 1.54) is 4.90 Å². The van der Waals surface area contributed by atoms with E-state index < -0.39 is 24.6 Å². The van der Waals surface area contributed by atoms with Crippen molar-refractivity contribution in [2.75, 3.05) is 13.2 Å². The van der Waals surface area contributed by atoms with Crippen LogP contribution >= 0.6 is 0 Å². The maximum atomic E-state index is 13.1. The standard InChI is InChI=1S/C12H18F3NO3/c13-12(14,15)10(7-11(17)18)16-5-6-19-9-4-2-1-3-8(9)16/h8-10H,1-7H2,(H,17,18). The molecule has 2 aliphatic rings. The number of alkyl halides is 3. The highest BCUT2D eigenvalue weighted by molar-refractivity contribution is 5.67. The molecule has 1 aliphatic heterocycles. The predicted molar refractivity (Wildman–Crippen MR) is 60.8 cm³/mol. The number of carboxylic acid groups (broad SMARTS) is 1. The van der Waals surface area contributed by atoms with Gasteiger partial charge >= 0.3 is 12.1 Å². The molecule has 0 amide bonds. The number of hydrogen-bond donors (Lipinski definition) is 1. The molecule has 1 heterocycles. The lowest BCUT2D eigenvalue weighted by molar-refractivity contribution is -0.217. The van der Waals surface area contributed by atoms with Crippen LogP contribution in [-0.4, -0.2) is 53.5 Å². The van der Waals surface area contributed by atoms with Crippen LogP contribution in [0.15, 0.2) is 0 Å². The van der Waals surface area contributed by atoms with E-state index >= 15 is 0 Å². The first kappa shape index (κ1) is 14.6. The van der Waals surface area contributed by atoms with Crippen LogP contribution in [0.25, 0.3) is 0 Å². The monoisotopic (exact) mass is 281 g/mol. The van der Waals surface area contributed by atoms with Crippen LogP contribution in [0.2, 0.25) is 0 Å². The van der Waals surface area contributed by atoms with Crippen molar-refractivity contribution >= 4 is 5.97 Å². The van der Waals surface area contributed by atoms with Gasteiger partial charge in [0.2, 0.25) is 0 Å². The maximum absolute atomic E-state index is 13.1. The average Bonchev–Trinajstić information content (AvgIpc) is 2.34. The topological polar surface area (TPSA) is 49.8 Å². The van der Waals surface area contributed by atoms with Crippen LogP contribution in [0, 0.1) is 0 Å². The second kappa shape index (κ2) is 5.66. The molecule has 2 rings (SSSR count). The van der Waals surface area contributed by atoms with Gasteiger partial charge in [0.1, 0.15) is 6.04 Å². The number of carbonyl (C=O) groups is 1. The van der Waals surface area contributed by atoms with E-state index in [4.69, 9.17) is 9.84 Å². The molecular formula is C12H18F3NO3. The van der Waals surface area contributed by atoms with E-state index in [-0.39, 0.29) is 25.3 Å². The van der Waals surface area contributed by atoms with Crippen LogP contribution in [0.1, 0.15) is 32.1 Å². The smallest absolute Gasteiger partial charge is 0.404 e. The van der Waals surface area contributed by atoms with Gasteiger partial charge in [0.15, 0.2) is 0 Å². The van der Waals surface area contributed by atoms with Gasteiger partial charge in [-0.05, 0) is 12.8 Å². The fourth-order valence-corrected chi connectivity index (χ4v) is 3.10. The van der Waals surface area contributed by atoms with Gasteiger partial charge in [0.25, 0.3) is 0 Å². The zero-order valence-corrected chi connectivity index (χ0v) is 10.5. The summed E-state index contributed by atoms with van der Waals surface area (Å²) in [6.07, 6.45) is -2.34. The minimum absolute atomic E-state index is 0.151. The Morgan fingerprint density at radius 3 is 2.68 bits per heavy atom. The second-order valence-corrected chi connectivity index (χ2v) is 5.15. The Bertz CT molecular complexity index is 333. The van der Waals surface area contributed by atoms with Crippen LogP contribution < -0.4 is 0 Å². The SMILES string of the molecule is O=C(O)CC(N1CCOC2CCCCC21)C(F)(F)F. The summed E-state index contributed by atoms with van der Waals surface area (Å²) in [5, 5.41) is 8.72. The third-order valence-corrected chi connectivity index (χ3v) is 3.92. The normalized spacial score (nSPS) is 30.7. The zero-order valence-electron chi connectivity index (χ0n) is 10.5. The van der Waals surface area contributed by atoms with Gasteiger partial charge in [-0.3, -0.25) is 9.69 Å². The first-order valence-corrected chi connectivity index (χ1v) is 6.55. The van der Waals surface area contributed by atoms with E-state index in [0.29, 0.717) is 6.42 Å². The van der Waals surface area contributed by atoms with E-state index in [1.807, 2.05) is 0 Å². The third-order valence-electron chi connectivity index (χ3n) is 3.92. The summed E-state index contributed by atoms with van der Waals surface area (Å²) in [5.41, 5.74) is 0. The molecular weight excluding hydrogens is 263 g/mol. The van der Waals surface area contributed by atoms with Gasteiger partial charge in [0.05, 0.1) is 19.1 Å². The molecule has 0 aromatic rings. The Morgan fingerprint density at radius 2 is 2.05 bits per heavy atom. The van der Waals surface area contributed by atoms with Crippen LogP contribution in [0.3, 0.4) is 0 Å². The number of fused-ring (bicyclic) bond motifs is 1. The van der Waals surface area contributed by atoms with Crippen molar-refractivity contribution in [2.24, 2.45) is 0 Å². The Kier molecular flexibility index (Phi) is 4.35. The molecule has 19 heavy (non-hydrogen) atoms. The first-order chi connectivity index (χ1) is 8.89. The lowest BCUT2D eigenvalue weighted by Gasteiger charge is -2.47. The summed E-state index contributed by atoms with van der Waals surface area (Å²) in [5.74, 6) is -1.42. The van der Waals surface area contributed by atoms with Crippen LogP contribution in [-0.2, 0) is 9.53 Å². The molecule has 1 saturated carbocycles. The van der Waals surface area contributed by atoms with Gasteiger partial charge in [-0.1, -0.05) is 12.8 Å². The van der Waals surface area contributed by atoms with Crippen molar-refractivity contribution in [1.29, 1.82) is 0 Å². The van der Waals surface area contributed by atoms with Gasteiger partial charge < -0.3 is 9.84 Å². The summed E-state index contributed by atoms with van der Waals surface area (Å²) < 4.78 is 44.8. The number of hydrogen-bond acceptors (Lipinski definition) is 3. The number of nitrogens with zero attached hydrogens (tertiary/aromatic N) is 1. The number of halogens is 3. The molecule has 4 nitrogen and oxygen atoms in total. The number of rotatable bonds is 3. The van der Waals surface area contributed by atoms with E-state index in [1.54, 1.807) is 0 Å². The number of morpholine rings is 1. The van der Waals surface area contributed by atoms with Crippen molar-refractivity contribution in [1.82, 2.24) is 4.90 Å². The van der Waals surface area contributed by atoms with Crippen molar-refractivity contribution in [3.05, 3.63) is 0 Å². The molecule has 3 atom stereocenters. The van der Waals surface area contributed by atoms with Gasteiger partial charge in [0, 0.05) is 12.6 Å². The molecule has 0 bridgehead atoms. The largest absolute Gasteiger partial charge is 0.481 e. The highest BCUT2D eigenvalue weighted by Crippen LogP contribution is 2.35. The number of ether oxygens (including phenoxy) is 1. The minimum atomic E-state index is -4.52. The summed E-state index contributed by atoms with van der Waals surface area (Å²) in [7, 11) is 0. The maximum Gasteiger partial charge on any atom is 0.404 e. The molecule has 2 fully saturated rings. The Labute approximate surface area is 109 Å². The van der Waals surface area contributed by atoms with E-state index in [2.05, 4.69) is 0 Å². The minimum Gasteiger partial charge on any atom is -0.481 e. The fourth-order valence-electron chi connectivity index (χ4n) is 3.10. The second-order valence-electron chi connectivity index (χ2n) is 5.15. The number of aliphatic carboxylic acids is 1. The van der Waals surface area contributed by atoms with E-state index in [0.717, 1.165) is 19.3 Å². The molecule has 1 saturated heterocycles. The molecule has 0 aromatic carbocycles. The lowest BCUT2D eigenvalue weighted by Crippen LogP contribution is -2.60. The van der Waals surface area contributed by atoms with Crippen molar-refractivity contribution in [2.45, 2.75) is 56.5 Å². The van der Waals surface area contributed by atoms with Gasteiger partial charge in [-0.15, -0.1) is 0 Å². The molecule has 0 radical (unpaired) electrons. The molecule has 0 aromatic heterocycles. The quantitative estimate of drug-likeness (QED) is 0.860. The highest BCUT2D eigenvalue weighted by atomic mass is 19.4. The Hall–Kier alpha value is -0.820. The molecule has 0 spiro atoms. The summed E-state index contributed by atoms with van der Waals surface area (Å²) in [6.45, 7) is 0.395. The summed E-state index contributed by atoms with van der Waals surface area (Å²) in [4.78, 5) is 12.0. The highest BCUT2D eigenvalue weighted by Gasteiger charge is 2.49. The van der Waals surface area contributed by atoms with Crippen LogP contribution in [0.4, 0.5) is 13.2 Å². The molecule has 110 valence electrons. The first-order valence-electron chi connectivity index (χ1n) is 6.55. The molecule has 1 N–H and O–H groups in total. The Morgan fingerprint density at radius 1 is 1.37 bits per heavy atom. The van der Waals surface area contributed by atoms with Gasteiger partial charge in [-0.25, -0.2) is 0 Å².